The third-order valence-electron chi connectivity index (χ3n) is 2.22. The van der Waals surface area contributed by atoms with E-state index in [4.69, 9.17) is 11.6 Å². The van der Waals surface area contributed by atoms with Gasteiger partial charge in [-0.15, -0.1) is 0 Å². The lowest BCUT2D eigenvalue weighted by atomic mass is 10.1. The molecule has 82 valence electrons. The Bertz CT molecular complexity index is 650. The van der Waals surface area contributed by atoms with Gasteiger partial charge in [-0.05, 0) is 13.0 Å². The van der Waals surface area contributed by atoms with Crippen LogP contribution in [0.2, 0.25) is 5.02 Å². The van der Waals surface area contributed by atoms with Crippen LogP contribution in [0.3, 0.4) is 0 Å². The molecule has 2 rings (SSSR count). The SMILES string of the molecule is Cc1c(Cl)cc2[nH]c(=O)cnc2c1[N+](=O)[O-]. The highest BCUT2D eigenvalue weighted by atomic mass is 35.5. The monoisotopic (exact) mass is 239 g/mol. The van der Waals surface area contributed by atoms with Gasteiger partial charge in [0, 0.05) is 5.56 Å². The predicted molar refractivity (Wildman–Crippen MR) is 58.8 cm³/mol. The summed E-state index contributed by atoms with van der Waals surface area (Å²) in [5.41, 5.74) is 0.112. The number of rotatable bonds is 1. The number of aromatic nitrogens is 2. The van der Waals surface area contributed by atoms with E-state index in [-0.39, 0.29) is 21.7 Å². The van der Waals surface area contributed by atoms with Crippen molar-refractivity contribution in [3.63, 3.8) is 0 Å². The van der Waals surface area contributed by atoms with Gasteiger partial charge in [-0.2, -0.15) is 0 Å². The molecule has 0 radical (unpaired) electrons. The molecule has 0 aliphatic rings. The van der Waals surface area contributed by atoms with E-state index < -0.39 is 10.5 Å². The summed E-state index contributed by atoms with van der Waals surface area (Å²) in [4.78, 5) is 27.6. The first-order chi connectivity index (χ1) is 7.50. The average molecular weight is 240 g/mol. The quantitative estimate of drug-likeness (QED) is 0.607. The van der Waals surface area contributed by atoms with Crippen molar-refractivity contribution in [3.05, 3.63) is 43.3 Å². The zero-order valence-electron chi connectivity index (χ0n) is 8.15. The van der Waals surface area contributed by atoms with Crippen LogP contribution in [0, 0.1) is 17.0 Å². The minimum atomic E-state index is -0.561. The fourth-order valence-electron chi connectivity index (χ4n) is 1.46. The first kappa shape index (κ1) is 10.6. The second-order valence-electron chi connectivity index (χ2n) is 3.23. The summed E-state index contributed by atoms with van der Waals surface area (Å²) >= 11 is 5.83. The smallest absolute Gasteiger partial charge is 0.301 e. The number of nitro groups is 1. The number of benzene rings is 1. The topological polar surface area (TPSA) is 88.9 Å². The van der Waals surface area contributed by atoms with E-state index in [9.17, 15) is 14.9 Å². The van der Waals surface area contributed by atoms with Crippen molar-refractivity contribution in [3.8, 4) is 0 Å². The zero-order chi connectivity index (χ0) is 11.9. The minimum absolute atomic E-state index is 0.131. The molecule has 7 heteroatoms. The number of nitrogens with zero attached hydrogens (tertiary/aromatic N) is 2. The molecule has 1 N–H and O–H groups in total. The van der Waals surface area contributed by atoms with Gasteiger partial charge in [-0.25, -0.2) is 4.98 Å². The number of halogens is 1. The van der Waals surface area contributed by atoms with Gasteiger partial charge in [0.2, 0.25) is 0 Å². The lowest BCUT2D eigenvalue weighted by Crippen LogP contribution is -2.07. The van der Waals surface area contributed by atoms with E-state index >= 15 is 0 Å². The minimum Gasteiger partial charge on any atom is -0.319 e. The standard InChI is InChI=1S/C9H6ClN3O3/c1-4-5(10)2-6-8(9(4)13(15)16)11-3-7(14)12-6/h2-3H,1H3,(H,12,14). The summed E-state index contributed by atoms with van der Waals surface area (Å²) in [7, 11) is 0. The molecule has 0 saturated heterocycles. The van der Waals surface area contributed by atoms with E-state index in [0.29, 0.717) is 5.56 Å². The Morgan fingerprint density at radius 1 is 1.56 bits per heavy atom. The van der Waals surface area contributed by atoms with Gasteiger partial charge in [0.05, 0.1) is 21.7 Å². The molecule has 0 amide bonds. The van der Waals surface area contributed by atoms with E-state index in [2.05, 4.69) is 9.97 Å². The van der Waals surface area contributed by atoms with Crippen molar-refractivity contribution in [2.45, 2.75) is 6.92 Å². The molecule has 1 aromatic heterocycles. The van der Waals surface area contributed by atoms with Crippen LogP contribution in [0.4, 0.5) is 5.69 Å². The average Bonchev–Trinajstić information content (AvgIpc) is 2.19. The van der Waals surface area contributed by atoms with Crippen molar-refractivity contribution in [1.29, 1.82) is 0 Å². The van der Waals surface area contributed by atoms with E-state index in [1.54, 1.807) is 0 Å². The molecular formula is C9H6ClN3O3. The van der Waals surface area contributed by atoms with Crippen LogP contribution < -0.4 is 5.56 Å². The number of H-pyrrole nitrogens is 1. The second kappa shape index (κ2) is 3.57. The number of nitro benzene ring substituents is 1. The number of fused-ring (bicyclic) bond motifs is 1. The Hall–Kier alpha value is -1.95. The maximum atomic E-state index is 11.0. The Morgan fingerprint density at radius 3 is 2.88 bits per heavy atom. The van der Waals surface area contributed by atoms with Crippen LogP contribution in [-0.4, -0.2) is 14.9 Å². The van der Waals surface area contributed by atoms with Crippen molar-refractivity contribution in [2.24, 2.45) is 0 Å². The molecule has 16 heavy (non-hydrogen) atoms. The van der Waals surface area contributed by atoms with Gasteiger partial charge >= 0.3 is 5.69 Å². The summed E-state index contributed by atoms with van der Waals surface area (Å²) in [5, 5.41) is 11.1. The van der Waals surface area contributed by atoms with Gasteiger partial charge in [-0.3, -0.25) is 14.9 Å². The van der Waals surface area contributed by atoms with Crippen molar-refractivity contribution < 1.29 is 4.92 Å². The van der Waals surface area contributed by atoms with Crippen LogP contribution in [0.25, 0.3) is 11.0 Å². The van der Waals surface area contributed by atoms with Crippen molar-refractivity contribution in [2.75, 3.05) is 0 Å². The number of nitrogens with one attached hydrogen (secondary N) is 1. The Balaban J connectivity index is 3.00. The van der Waals surface area contributed by atoms with Crippen LogP contribution >= 0.6 is 11.6 Å². The summed E-state index contributed by atoms with van der Waals surface area (Å²) in [6, 6.07) is 1.45. The lowest BCUT2D eigenvalue weighted by Gasteiger charge is -2.03. The van der Waals surface area contributed by atoms with Gasteiger partial charge in [0.25, 0.3) is 5.56 Å². The Morgan fingerprint density at radius 2 is 2.25 bits per heavy atom. The lowest BCUT2D eigenvalue weighted by molar-refractivity contribution is -0.383. The molecule has 0 unspecified atom stereocenters. The summed E-state index contributed by atoms with van der Waals surface area (Å²) in [5.74, 6) is 0. The van der Waals surface area contributed by atoms with Gasteiger partial charge in [0.1, 0.15) is 0 Å². The van der Waals surface area contributed by atoms with Gasteiger partial charge < -0.3 is 4.98 Å². The van der Waals surface area contributed by atoms with Crippen LogP contribution in [0.5, 0.6) is 0 Å². The zero-order valence-corrected chi connectivity index (χ0v) is 8.91. The first-order valence-corrected chi connectivity index (χ1v) is 4.71. The molecule has 0 atom stereocenters. The maximum absolute atomic E-state index is 11.0. The van der Waals surface area contributed by atoms with Gasteiger partial charge in [-0.1, -0.05) is 11.6 Å². The Kier molecular flexibility index (Phi) is 2.35. The third kappa shape index (κ3) is 1.53. The van der Waals surface area contributed by atoms with Crippen LogP contribution in [-0.2, 0) is 0 Å². The summed E-state index contributed by atoms with van der Waals surface area (Å²) in [6.45, 7) is 1.53. The predicted octanol–water partition coefficient (Wildman–Crippen LogP) is 1.79. The number of hydrogen-bond acceptors (Lipinski definition) is 4. The first-order valence-electron chi connectivity index (χ1n) is 4.33. The van der Waals surface area contributed by atoms with Crippen molar-refractivity contribution in [1.82, 2.24) is 9.97 Å². The van der Waals surface area contributed by atoms with Crippen LogP contribution in [0.1, 0.15) is 5.56 Å². The summed E-state index contributed by atoms with van der Waals surface area (Å²) < 4.78 is 0. The number of aromatic amines is 1. The molecule has 2 aromatic rings. The number of hydrogen-bond donors (Lipinski definition) is 1. The molecular weight excluding hydrogens is 234 g/mol. The molecule has 1 aromatic carbocycles. The normalized spacial score (nSPS) is 10.6. The largest absolute Gasteiger partial charge is 0.319 e. The van der Waals surface area contributed by atoms with E-state index in [0.717, 1.165) is 6.20 Å². The van der Waals surface area contributed by atoms with E-state index in [1.165, 1.54) is 13.0 Å². The summed E-state index contributed by atoms with van der Waals surface area (Å²) in [6.07, 6.45) is 1.00. The van der Waals surface area contributed by atoms with Crippen LogP contribution in [0.15, 0.2) is 17.1 Å². The molecule has 0 bridgehead atoms. The fourth-order valence-corrected chi connectivity index (χ4v) is 1.66. The molecule has 0 aliphatic carbocycles. The Labute approximate surface area is 94.0 Å². The fraction of sp³-hybridized carbons (Fsp3) is 0.111. The molecule has 1 heterocycles. The highest BCUT2D eigenvalue weighted by Crippen LogP contribution is 2.31. The highest BCUT2D eigenvalue weighted by Gasteiger charge is 2.20. The molecule has 0 saturated carbocycles. The molecule has 6 nitrogen and oxygen atoms in total. The third-order valence-corrected chi connectivity index (χ3v) is 2.61. The van der Waals surface area contributed by atoms with Gasteiger partial charge in [0.15, 0.2) is 5.52 Å². The molecule has 0 spiro atoms. The highest BCUT2D eigenvalue weighted by molar-refractivity contribution is 6.32. The molecule has 0 fully saturated rings. The maximum Gasteiger partial charge on any atom is 0.301 e. The van der Waals surface area contributed by atoms with Crippen molar-refractivity contribution >= 4 is 28.3 Å². The second-order valence-corrected chi connectivity index (χ2v) is 3.64. The molecule has 0 aliphatic heterocycles. The van der Waals surface area contributed by atoms with E-state index in [1.807, 2.05) is 0 Å².